The number of likely N-dealkylation sites (N-methyl/N-ethyl adjacent to an activating group) is 1. The number of rotatable bonds is 4. The molecule has 118 valence electrons. The molecule has 1 atom stereocenters. The summed E-state index contributed by atoms with van der Waals surface area (Å²) in [5.74, 6) is 0.0204. The fourth-order valence-electron chi connectivity index (χ4n) is 2.53. The third-order valence-corrected chi connectivity index (χ3v) is 3.94. The molecule has 1 fully saturated rings. The zero-order valence-corrected chi connectivity index (χ0v) is 13.8. The molecule has 0 saturated carbocycles. The number of nitrogens with one attached hydrogen (secondary N) is 2. The number of hydrogen-bond donors (Lipinski definition) is 2. The van der Waals surface area contributed by atoms with Gasteiger partial charge in [-0.25, -0.2) is 0 Å². The molecular weight excluding hydrogens is 309 g/mol. The number of hydrogen-bond acceptors (Lipinski definition) is 3. The Kier molecular flexibility index (Phi) is 8.04. The van der Waals surface area contributed by atoms with E-state index in [1.165, 1.54) is 6.42 Å². The second kappa shape index (κ2) is 9.26. The van der Waals surface area contributed by atoms with Gasteiger partial charge in [0.05, 0.1) is 6.54 Å². The quantitative estimate of drug-likeness (QED) is 0.891. The van der Waals surface area contributed by atoms with Crippen LogP contribution >= 0.6 is 24.0 Å². The van der Waals surface area contributed by atoms with Gasteiger partial charge in [-0.05, 0) is 63.7 Å². The van der Waals surface area contributed by atoms with Crippen molar-refractivity contribution in [2.75, 3.05) is 32.0 Å². The Labute approximate surface area is 137 Å². The third-order valence-electron chi connectivity index (χ3n) is 3.69. The molecule has 1 heterocycles. The van der Waals surface area contributed by atoms with Gasteiger partial charge in [-0.2, -0.15) is 0 Å². The number of amides is 1. The number of carbonyl (C=O) groups excluding carboxylic acids is 1. The lowest BCUT2D eigenvalue weighted by Crippen LogP contribution is -2.38. The van der Waals surface area contributed by atoms with Crippen molar-refractivity contribution in [2.45, 2.75) is 25.3 Å². The maximum atomic E-state index is 12.0. The lowest BCUT2D eigenvalue weighted by molar-refractivity contribution is -0.117. The smallest absolute Gasteiger partial charge is 0.238 e. The molecule has 0 bridgehead atoms. The summed E-state index contributed by atoms with van der Waals surface area (Å²) in [6.45, 7) is 2.54. The first-order valence-corrected chi connectivity index (χ1v) is 7.49. The molecule has 1 saturated heterocycles. The van der Waals surface area contributed by atoms with E-state index in [2.05, 4.69) is 15.5 Å². The first-order valence-electron chi connectivity index (χ1n) is 7.11. The van der Waals surface area contributed by atoms with Gasteiger partial charge < -0.3 is 10.6 Å². The SMILES string of the molecule is CN(CC(=O)Nc1ccc(Cl)cc1)C1CCCNCC1.Cl. The van der Waals surface area contributed by atoms with Gasteiger partial charge in [0.1, 0.15) is 0 Å². The summed E-state index contributed by atoms with van der Waals surface area (Å²) in [6, 6.07) is 7.67. The molecule has 0 aliphatic carbocycles. The van der Waals surface area contributed by atoms with E-state index < -0.39 is 0 Å². The first-order chi connectivity index (χ1) is 9.65. The topological polar surface area (TPSA) is 44.4 Å². The van der Waals surface area contributed by atoms with Gasteiger partial charge in [-0.3, -0.25) is 9.69 Å². The van der Waals surface area contributed by atoms with Crippen LogP contribution in [0.25, 0.3) is 0 Å². The number of halogens is 2. The zero-order chi connectivity index (χ0) is 14.4. The van der Waals surface area contributed by atoms with Crippen LogP contribution in [0.5, 0.6) is 0 Å². The van der Waals surface area contributed by atoms with Gasteiger partial charge in [0.25, 0.3) is 0 Å². The van der Waals surface area contributed by atoms with E-state index in [0.717, 1.165) is 31.6 Å². The largest absolute Gasteiger partial charge is 0.325 e. The molecule has 4 nitrogen and oxygen atoms in total. The van der Waals surface area contributed by atoms with Crippen molar-refractivity contribution in [1.82, 2.24) is 10.2 Å². The standard InChI is InChI=1S/C15H22ClN3O.ClH/c1-19(14-3-2-9-17-10-8-14)11-15(20)18-13-6-4-12(16)5-7-13;/h4-7,14,17H,2-3,8-11H2,1H3,(H,18,20);1H. The Balaban J connectivity index is 0.00000220. The van der Waals surface area contributed by atoms with Gasteiger partial charge in [0.15, 0.2) is 0 Å². The summed E-state index contributed by atoms with van der Waals surface area (Å²) in [4.78, 5) is 14.2. The summed E-state index contributed by atoms with van der Waals surface area (Å²) in [5.41, 5.74) is 0.787. The van der Waals surface area contributed by atoms with Crippen LogP contribution < -0.4 is 10.6 Å². The van der Waals surface area contributed by atoms with Crippen LogP contribution in [0.15, 0.2) is 24.3 Å². The highest BCUT2D eigenvalue weighted by Crippen LogP contribution is 2.14. The number of carbonyl (C=O) groups is 1. The summed E-state index contributed by atoms with van der Waals surface area (Å²) in [7, 11) is 2.03. The molecule has 1 aromatic carbocycles. The van der Waals surface area contributed by atoms with E-state index in [-0.39, 0.29) is 18.3 Å². The molecular formula is C15H23Cl2N3O. The highest BCUT2D eigenvalue weighted by Gasteiger charge is 2.18. The lowest BCUT2D eigenvalue weighted by Gasteiger charge is -2.26. The monoisotopic (exact) mass is 331 g/mol. The molecule has 2 rings (SSSR count). The molecule has 6 heteroatoms. The lowest BCUT2D eigenvalue weighted by atomic mass is 10.1. The first kappa shape index (κ1) is 18.2. The molecule has 0 aromatic heterocycles. The van der Waals surface area contributed by atoms with Crippen molar-refractivity contribution < 1.29 is 4.79 Å². The van der Waals surface area contributed by atoms with Crippen LogP contribution in [-0.2, 0) is 4.79 Å². The summed E-state index contributed by atoms with van der Waals surface area (Å²) in [6.07, 6.45) is 3.43. The van der Waals surface area contributed by atoms with E-state index in [4.69, 9.17) is 11.6 Å². The number of nitrogens with zero attached hydrogens (tertiary/aromatic N) is 1. The molecule has 2 N–H and O–H groups in total. The van der Waals surface area contributed by atoms with Crippen LogP contribution in [0.2, 0.25) is 5.02 Å². The second-order valence-electron chi connectivity index (χ2n) is 5.30. The van der Waals surface area contributed by atoms with Gasteiger partial charge in [0, 0.05) is 16.8 Å². The fourth-order valence-corrected chi connectivity index (χ4v) is 2.66. The Morgan fingerprint density at radius 2 is 2.05 bits per heavy atom. The molecule has 1 unspecified atom stereocenters. The minimum Gasteiger partial charge on any atom is -0.325 e. The Morgan fingerprint density at radius 3 is 2.76 bits per heavy atom. The summed E-state index contributed by atoms with van der Waals surface area (Å²) in [5, 5.41) is 6.96. The predicted molar refractivity (Wildman–Crippen MR) is 90.5 cm³/mol. The average Bonchev–Trinajstić information content (AvgIpc) is 2.70. The minimum absolute atomic E-state index is 0. The Morgan fingerprint density at radius 1 is 1.33 bits per heavy atom. The molecule has 1 aromatic rings. The van der Waals surface area contributed by atoms with Crippen molar-refractivity contribution in [1.29, 1.82) is 0 Å². The van der Waals surface area contributed by atoms with Crippen molar-refractivity contribution in [2.24, 2.45) is 0 Å². The third kappa shape index (κ3) is 6.22. The van der Waals surface area contributed by atoms with Crippen LogP contribution in [0, 0.1) is 0 Å². The van der Waals surface area contributed by atoms with Crippen molar-refractivity contribution in [3.63, 3.8) is 0 Å². The minimum atomic E-state index is 0. The van der Waals surface area contributed by atoms with Crippen molar-refractivity contribution in [3.8, 4) is 0 Å². The fraction of sp³-hybridized carbons (Fsp3) is 0.533. The highest BCUT2D eigenvalue weighted by molar-refractivity contribution is 6.30. The van der Waals surface area contributed by atoms with E-state index in [9.17, 15) is 4.79 Å². The van der Waals surface area contributed by atoms with Gasteiger partial charge in [-0.15, -0.1) is 12.4 Å². The molecule has 1 aliphatic heterocycles. The van der Waals surface area contributed by atoms with Gasteiger partial charge >= 0.3 is 0 Å². The summed E-state index contributed by atoms with van der Waals surface area (Å²) >= 11 is 5.82. The second-order valence-corrected chi connectivity index (χ2v) is 5.74. The number of anilines is 1. The molecule has 1 aliphatic rings. The average molecular weight is 332 g/mol. The molecule has 21 heavy (non-hydrogen) atoms. The van der Waals surface area contributed by atoms with E-state index >= 15 is 0 Å². The van der Waals surface area contributed by atoms with Crippen LogP contribution in [0.4, 0.5) is 5.69 Å². The molecule has 0 spiro atoms. The Hall–Kier alpha value is -0.810. The van der Waals surface area contributed by atoms with Crippen LogP contribution in [0.1, 0.15) is 19.3 Å². The van der Waals surface area contributed by atoms with Gasteiger partial charge in [0.2, 0.25) is 5.91 Å². The Bertz CT molecular complexity index is 431. The van der Waals surface area contributed by atoms with Crippen LogP contribution in [0.3, 0.4) is 0 Å². The predicted octanol–water partition coefficient (Wildman–Crippen LogP) is 2.77. The maximum Gasteiger partial charge on any atom is 0.238 e. The highest BCUT2D eigenvalue weighted by atomic mass is 35.5. The summed E-state index contributed by atoms with van der Waals surface area (Å²) < 4.78 is 0. The van der Waals surface area contributed by atoms with Crippen molar-refractivity contribution in [3.05, 3.63) is 29.3 Å². The normalized spacial score (nSPS) is 18.7. The zero-order valence-electron chi connectivity index (χ0n) is 12.3. The van der Waals surface area contributed by atoms with E-state index in [1.54, 1.807) is 12.1 Å². The number of benzene rings is 1. The van der Waals surface area contributed by atoms with E-state index in [0.29, 0.717) is 17.6 Å². The molecule has 0 radical (unpaired) electrons. The van der Waals surface area contributed by atoms with Crippen LogP contribution in [-0.4, -0.2) is 43.5 Å². The van der Waals surface area contributed by atoms with E-state index in [1.807, 2.05) is 19.2 Å². The van der Waals surface area contributed by atoms with Gasteiger partial charge in [-0.1, -0.05) is 11.6 Å². The molecule has 1 amide bonds. The maximum absolute atomic E-state index is 12.0. The van der Waals surface area contributed by atoms with Crippen molar-refractivity contribution >= 4 is 35.6 Å².